The van der Waals surface area contributed by atoms with Crippen LogP contribution in [0.15, 0.2) is 41.0 Å². The second kappa shape index (κ2) is 8.80. The number of rotatable bonds is 5. The van der Waals surface area contributed by atoms with E-state index in [1.165, 1.54) is 5.57 Å². The lowest BCUT2D eigenvalue weighted by molar-refractivity contribution is 0.124. The van der Waals surface area contributed by atoms with Crippen LogP contribution in [0, 0.1) is 11.3 Å². The first-order chi connectivity index (χ1) is 9.28. The lowest BCUT2D eigenvalue weighted by Gasteiger charge is -2.10. The summed E-state index contributed by atoms with van der Waals surface area (Å²) >= 11 is 1.56. The fourth-order valence-corrected chi connectivity index (χ4v) is 2.28. The van der Waals surface area contributed by atoms with Crippen molar-refractivity contribution in [2.75, 3.05) is 12.4 Å². The molecule has 0 aliphatic carbocycles. The average Bonchev–Trinajstić information content (AvgIpc) is 2.46. The molecule has 0 saturated carbocycles. The van der Waals surface area contributed by atoms with Gasteiger partial charge in [-0.2, -0.15) is 5.26 Å². The number of hydrogen-bond acceptors (Lipinski definition) is 5. The van der Waals surface area contributed by atoms with Crippen molar-refractivity contribution in [3.63, 3.8) is 0 Å². The van der Waals surface area contributed by atoms with E-state index in [2.05, 4.69) is 11.1 Å². The second-order valence-corrected chi connectivity index (χ2v) is 5.15. The number of nitriles is 1. The first-order valence-electron chi connectivity index (χ1n) is 5.98. The number of aliphatic imine (C=N–C) groups is 1. The SMILES string of the molecule is Br.N#Cc1ccc(COCCC2=CN=C(N)SC2)cc1. The Bertz CT molecular complexity index is 534. The largest absolute Gasteiger partial charge is 0.378 e. The van der Waals surface area contributed by atoms with E-state index in [0.717, 1.165) is 17.7 Å². The van der Waals surface area contributed by atoms with Crippen molar-refractivity contribution in [3.8, 4) is 6.07 Å². The van der Waals surface area contributed by atoms with E-state index in [9.17, 15) is 0 Å². The minimum absolute atomic E-state index is 0. The third-order valence-electron chi connectivity index (χ3n) is 2.70. The quantitative estimate of drug-likeness (QED) is 0.826. The van der Waals surface area contributed by atoms with Crippen LogP contribution in [-0.4, -0.2) is 17.5 Å². The molecule has 0 spiro atoms. The molecule has 0 aromatic heterocycles. The van der Waals surface area contributed by atoms with Gasteiger partial charge in [0.15, 0.2) is 5.17 Å². The van der Waals surface area contributed by atoms with Gasteiger partial charge in [-0.1, -0.05) is 23.9 Å². The van der Waals surface area contributed by atoms with Crippen LogP contribution in [0.25, 0.3) is 0 Å². The number of benzene rings is 1. The predicted octanol–water partition coefficient (Wildman–Crippen LogP) is 2.99. The first kappa shape index (κ1) is 16.8. The molecule has 0 bridgehead atoms. The Balaban J connectivity index is 0.00000200. The molecule has 6 heteroatoms. The highest BCUT2D eigenvalue weighted by molar-refractivity contribution is 8.93. The van der Waals surface area contributed by atoms with Gasteiger partial charge in [-0.15, -0.1) is 17.0 Å². The third kappa shape index (κ3) is 5.37. The van der Waals surface area contributed by atoms with Crippen molar-refractivity contribution >= 4 is 33.9 Å². The summed E-state index contributed by atoms with van der Waals surface area (Å²) in [5.41, 5.74) is 8.56. The van der Waals surface area contributed by atoms with Crippen LogP contribution in [0.1, 0.15) is 17.5 Å². The van der Waals surface area contributed by atoms with Gasteiger partial charge >= 0.3 is 0 Å². The zero-order chi connectivity index (χ0) is 13.5. The van der Waals surface area contributed by atoms with Crippen LogP contribution >= 0.6 is 28.7 Å². The highest BCUT2D eigenvalue weighted by Crippen LogP contribution is 2.16. The summed E-state index contributed by atoms with van der Waals surface area (Å²) in [6.45, 7) is 1.24. The molecular weight excluding hydrogens is 338 g/mol. The molecule has 4 nitrogen and oxygen atoms in total. The van der Waals surface area contributed by atoms with Gasteiger partial charge in [-0.05, 0) is 29.7 Å². The summed E-state index contributed by atoms with van der Waals surface area (Å²) in [6, 6.07) is 9.53. The average molecular weight is 354 g/mol. The smallest absolute Gasteiger partial charge is 0.158 e. The number of amidine groups is 1. The Morgan fingerprint density at radius 3 is 2.70 bits per heavy atom. The molecule has 2 N–H and O–H groups in total. The fourth-order valence-electron chi connectivity index (χ4n) is 1.60. The monoisotopic (exact) mass is 353 g/mol. The molecule has 106 valence electrons. The third-order valence-corrected chi connectivity index (χ3v) is 3.62. The molecule has 1 aromatic carbocycles. The van der Waals surface area contributed by atoms with Gasteiger partial charge in [0.25, 0.3) is 0 Å². The number of nitrogens with zero attached hydrogens (tertiary/aromatic N) is 2. The summed E-state index contributed by atoms with van der Waals surface area (Å²) in [5, 5.41) is 9.32. The predicted molar refractivity (Wildman–Crippen MR) is 87.9 cm³/mol. The number of halogens is 1. The van der Waals surface area contributed by atoms with E-state index in [4.69, 9.17) is 15.7 Å². The van der Waals surface area contributed by atoms with Crippen molar-refractivity contribution in [1.29, 1.82) is 5.26 Å². The molecule has 1 aromatic rings. The second-order valence-electron chi connectivity index (χ2n) is 4.15. The number of thioether (sulfide) groups is 1. The topological polar surface area (TPSA) is 71.4 Å². The van der Waals surface area contributed by atoms with Crippen molar-refractivity contribution in [1.82, 2.24) is 0 Å². The van der Waals surface area contributed by atoms with Crippen LogP contribution < -0.4 is 5.73 Å². The van der Waals surface area contributed by atoms with Gasteiger partial charge in [0.2, 0.25) is 0 Å². The molecule has 1 aliphatic heterocycles. The zero-order valence-corrected chi connectivity index (χ0v) is 13.4. The van der Waals surface area contributed by atoms with Crippen molar-refractivity contribution in [3.05, 3.63) is 47.2 Å². The van der Waals surface area contributed by atoms with Crippen molar-refractivity contribution in [2.45, 2.75) is 13.0 Å². The molecule has 2 rings (SSSR count). The maximum Gasteiger partial charge on any atom is 0.158 e. The minimum atomic E-state index is 0. The van der Waals surface area contributed by atoms with Gasteiger partial charge in [0, 0.05) is 12.0 Å². The van der Waals surface area contributed by atoms with Crippen LogP contribution in [0.2, 0.25) is 0 Å². The van der Waals surface area contributed by atoms with E-state index in [0.29, 0.717) is 23.9 Å². The number of nitrogens with two attached hydrogens (primary N) is 1. The highest BCUT2D eigenvalue weighted by atomic mass is 79.9. The normalized spacial score (nSPS) is 13.8. The summed E-state index contributed by atoms with van der Waals surface area (Å²) in [5.74, 6) is 0.898. The van der Waals surface area contributed by atoms with E-state index < -0.39 is 0 Å². The highest BCUT2D eigenvalue weighted by Gasteiger charge is 2.05. The van der Waals surface area contributed by atoms with Crippen molar-refractivity contribution in [2.24, 2.45) is 10.7 Å². The molecule has 0 radical (unpaired) electrons. The summed E-state index contributed by atoms with van der Waals surface area (Å²) < 4.78 is 5.61. The standard InChI is InChI=1S/C14H15N3OS.BrH/c15-7-11-1-3-12(4-2-11)9-18-6-5-13-8-17-14(16)19-10-13;/h1-4,8H,5-6,9-10H2,(H2,16,17);1H. The van der Waals surface area contributed by atoms with E-state index in [1.807, 2.05) is 18.3 Å². The number of ether oxygens (including phenoxy) is 1. The minimum Gasteiger partial charge on any atom is -0.378 e. The lowest BCUT2D eigenvalue weighted by atomic mass is 10.1. The van der Waals surface area contributed by atoms with Crippen LogP contribution in [0.4, 0.5) is 0 Å². The van der Waals surface area contributed by atoms with Crippen LogP contribution in [0.5, 0.6) is 0 Å². The molecule has 0 unspecified atom stereocenters. The van der Waals surface area contributed by atoms with E-state index in [1.54, 1.807) is 23.9 Å². The lowest BCUT2D eigenvalue weighted by Crippen LogP contribution is -2.11. The van der Waals surface area contributed by atoms with Gasteiger partial charge in [-0.3, -0.25) is 0 Å². The summed E-state index contributed by atoms with van der Waals surface area (Å²) in [7, 11) is 0. The van der Waals surface area contributed by atoms with Gasteiger partial charge in [0.1, 0.15) is 0 Å². The Hall–Kier alpha value is -1.29. The summed E-state index contributed by atoms with van der Waals surface area (Å²) in [4.78, 5) is 4.08. The Morgan fingerprint density at radius 1 is 1.35 bits per heavy atom. The Labute approximate surface area is 133 Å². The molecule has 0 saturated heterocycles. The molecule has 1 heterocycles. The maximum atomic E-state index is 8.70. The first-order valence-corrected chi connectivity index (χ1v) is 6.97. The van der Waals surface area contributed by atoms with E-state index in [-0.39, 0.29) is 17.0 Å². The molecule has 1 aliphatic rings. The molecule has 20 heavy (non-hydrogen) atoms. The molecule has 0 atom stereocenters. The molecule has 0 amide bonds. The van der Waals surface area contributed by atoms with Crippen LogP contribution in [0.3, 0.4) is 0 Å². The molecule has 0 fully saturated rings. The van der Waals surface area contributed by atoms with Crippen LogP contribution in [-0.2, 0) is 11.3 Å². The summed E-state index contributed by atoms with van der Waals surface area (Å²) in [6.07, 6.45) is 2.71. The zero-order valence-electron chi connectivity index (χ0n) is 10.9. The van der Waals surface area contributed by atoms with Gasteiger partial charge in [0.05, 0.1) is 24.8 Å². The Morgan fingerprint density at radius 2 is 2.10 bits per heavy atom. The van der Waals surface area contributed by atoms with Gasteiger partial charge < -0.3 is 10.5 Å². The Kier molecular flexibility index (Phi) is 7.37. The number of hydrogen-bond donors (Lipinski definition) is 1. The fraction of sp³-hybridized carbons (Fsp3) is 0.286. The van der Waals surface area contributed by atoms with E-state index >= 15 is 0 Å². The van der Waals surface area contributed by atoms with Gasteiger partial charge in [-0.25, -0.2) is 4.99 Å². The van der Waals surface area contributed by atoms with Crippen molar-refractivity contribution < 1.29 is 4.74 Å². The maximum absolute atomic E-state index is 8.70. The molecular formula is C14H16BrN3OS.